The summed E-state index contributed by atoms with van der Waals surface area (Å²) in [7, 11) is 0. The van der Waals surface area contributed by atoms with Crippen LogP contribution >= 0.6 is 0 Å². The van der Waals surface area contributed by atoms with E-state index in [9.17, 15) is 0 Å². The monoisotopic (exact) mass is 613 g/mol. The van der Waals surface area contributed by atoms with Crippen molar-refractivity contribution in [3.63, 3.8) is 0 Å². The van der Waals surface area contributed by atoms with Crippen LogP contribution in [0.2, 0.25) is 0 Å². The van der Waals surface area contributed by atoms with Crippen LogP contribution < -0.4 is 0 Å². The molecule has 0 spiro atoms. The molecule has 9 aromatic rings. The zero-order valence-corrected chi connectivity index (χ0v) is 26.8. The van der Waals surface area contributed by atoms with Crippen molar-refractivity contribution in [2.45, 2.75) is 19.3 Å². The van der Waals surface area contributed by atoms with Gasteiger partial charge in [0.25, 0.3) is 0 Å². The van der Waals surface area contributed by atoms with Crippen LogP contribution in [-0.4, -0.2) is 14.5 Å². The zero-order valence-electron chi connectivity index (χ0n) is 26.8. The molecule has 0 atom stereocenters. The molecule has 0 bridgehead atoms. The van der Waals surface area contributed by atoms with Crippen LogP contribution in [0.15, 0.2) is 152 Å². The van der Waals surface area contributed by atoms with Gasteiger partial charge in [-0.05, 0) is 74.5 Å². The minimum Gasteiger partial charge on any atom is -0.278 e. The summed E-state index contributed by atoms with van der Waals surface area (Å²) in [6.07, 6.45) is 0. The fraction of sp³-hybridized carbons (Fsp3) is 0.0667. The van der Waals surface area contributed by atoms with Crippen molar-refractivity contribution in [3.05, 3.63) is 163 Å². The third-order valence-corrected chi connectivity index (χ3v) is 10.4. The van der Waals surface area contributed by atoms with Gasteiger partial charge in [0, 0.05) is 27.1 Å². The lowest BCUT2D eigenvalue weighted by molar-refractivity contribution is 0.661. The van der Waals surface area contributed by atoms with Crippen LogP contribution in [0.1, 0.15) is 25.0 Å². The van der Waals surface area contributed by atoms with Gasteiger partial charge in [-0.25, -0.2) is 9.97 Å². The molecule has 0 aliphatic heterocycles. The van der Waals surface area contributed by atoms with Crippen LogP contribution in [0.4, 0.5) is 0 Å². The standard InChI is InChI=1S/C45H31N3/c1-45(2)38-16-8-5-13-33(38)36-26-37-34-14-7-10-18-41(34)48(42(37)27-39(36)45)44-46-40-17-9-6-15-35(40)43(47-44)30-22-19-29(20-23-30)32-24-21-28-11-3-4-12-31(28)25-32/h3-27H,1-2H3. The van der Waals surface area contributed by atoms with Crippen molar-refractivity contribution in [1.82, 2.24) is 14.5 Å². The lowest BCUT2D eigenvalue weighted by Gasteiger charge is -2.21. The highest BCUT2D eigenvalue weighted by molar-refractivity contribution is 6.11. The number of para-hydroxylation sites is 2. The third-order valence-electron chi connectivity index (χ3n) is 10.4. The first kappa shape index (κ1) is 27.1. The molecule has 0 radical (unpaired) electrons. The number of hydrogen-bond donors (Lipinski definition) is 0. The number of aromatic nitrogens is 3. The molecule has 0 amide bonds. The normalized spacial score (nSPS) is 13.4. The number of benzene rings is 7. The number of nitrogens with zero attached hydrogens (tertiary/aromatic N) is 3. The summed E-state index contributed by atoms with van der Waals surface area (Å²) in [6.45, 7) is 4.67. The lowest BCUT2D eigenvalue weighted by Crippen LogP contribution is -2.15. The molecule has 0 saturated heterocycles. The third kappa shape index (κ3) is 3.88. The van der Waals surface area contributed by atoms with Gasteiger partial charge in [-0.1, -0.05) is 135 Å². The molecular formula is C45H31N3. The maximum atomic E-state index is 5.38. The Kier molecular flexibility index (Phi) is 5.63. The van der Waals surface area contributed by atoms with E-state index < -0.39 is 0 Å². The van der Waals surface area contributed by atoms with E-state index in [1.54, 1.807) is 0 Å². The number of rotatable bonds is 3. The first-order chi connectivity index (χ1) is 23.5. The van der Waals surface area contributed by atoms with Gasteiger partial charge in [0.1, 0.15) is 0 Å². The first-order valence-corrected chi connectivity index (χ1v) is 16.6. The summed E-state index contributed by atoms with van der Waals surface area (Å²) in [5, 5.41) is 5.96. The zero-order chi connectivity index (χ0) is 32.0. The Morgan fingerprint density at radius 2 is 1.15 bits per heavy atom. The van der Waals surface area contributed by atoms with Crippen molar-refractivity contribution < 1.29 is 0 Å². The lowest BCUT2D eigenvalue weighted by atomic mass is 9.82. The molecule has 3 nitrogen and oxygen atoms in total. The quantitative estimate of drug-likeness (QED) is 0.198. The molecule has 2 aromatic heterocycles. The van der Waals surface area contributed by atoms with Gasteiger partial charge in [0.2, 0.25) is 5.95 Å². The van der Waals surface area contributed by atoms with Gasteiger partial charge < -0.3 is 0 Å². The Bertz CT molecular complexity index is 2750. The van der Waals surface area contributed by atoms with E-state index in [1.807, 2.05) is 0 Å². The first-order valence-electron chi connectivity index (χ1n) is 16.6. The SMILES string of the molecule is CC1(C)c2ccccc2-c2cc3c4ccccc4n(-c4nc(-c5ccc(-c6ccc7ccccc7c6)cc5)c5ccccc5n4)c3cc21. The van der Waals surface area contributed by atoms with Crippen LogP contribution in [0.5, 0.6) is 0 Å². The average Bonchev–Trinajstić information content (AvgIpc) is 3.58. The topological polar surface area (TPSA) is 30.7 Å². The van der Waals surface area contributed by atoms with Gasteiger partial charge in [-0.2, -0.15) is 0 Å². The summed E-state index contributed by atoms with van der Waals surface area (Å²) in [4.78, 5) is 10.6. The molecule has 0 unspecified atom stereocenters. The summed E-state index contributed by atoms with van der Waals surface area (Å²) >= 11 is 0. The van der Waals surface area contributed by atoms with E-state index in [-0.39, 0.29) is 5.41 Å². The second kappa shape index (κ2) is 9.97. The molecule has 1 aliphatic carbocycles. The Morgan fingerprint density at radius 3 is 2.02 bits per heavy atom. The summed E-state index contributed by atoms with van der Waals surface area (Å²) < 4.78 is 2.27. The minimum atomic E-state index is -0.108. The predicted octanol–water partition coefficient (Wildman–Crippen LogP) is 11.5. The van der Waals surface area contributed by atoms with E-state index in [2.05, 4.69) is 170 Å². The van der Waals surface area contributed by atoms with Crippen molar-refractivity contribution in [2.75, 3.05) is 0 Å². The average molecular weight is 614 g/mol. The van der Waals surface area contributed by atoms with Gasteiger partial charge in [-0.3, -0.25) is 4.57 Å². The van der Waals surface area contributed by atoms with E-state index in [4.69, 9.17) is 9.97 Å². The highest BCUT2D eigenvalue weighted by Gasteiger charge is 2.36. The van der Waals surface area contributed by atoms with E-state index in [1.165, 1.54) is 54.9 Å². The molecule has 0 saturated carbocycles. The highest BCUT2D eigenvalue weighted by atomic mass is 15.2. The van der Waals surface area contributed by atoms with Gasteiger partial charge in [-0.15, -0.1) is 0 Å². The molecule has 3 heteroatoms. The van der Waals surface area contributed by atoms with Gasteiger partial charge in [0.15, 0.2) is 0 Å². The van der Waals surface area contributed by atoms with Crippen LogP contribution in [0.3, 0.4) is 0 Å². The van der Waals surface area contributed by atoms with Gasteiger partial charge >= 0.3 is 0 Å². The molecule has 2 heterocycles. The van der Waals surface area contributed by atoms with Crippen LogP contribution in [-0.2, 0) is 5.41 Å². The summed E-state index contributed by atoms with van der Waals surface area (Å²) in [6, 6.07) is 54.6. The van der Waals surface area contributed by atoms with E-state index in [0.29, 0.717) is 5.95 Å². The van der Waals surface area contributed by atoms with Crippen LogP contribution in [0, 0.1) is 0 Å². The molecule has 7 aromatic carbocycles. The number of hydrogen-bond acceptors (Lipinski definition) is 2. The molecule has 1 aliphatic rings. The number of fused-ring (bicyclic) bond motifs is 8. The Balaban J connectivity index is 1.18. The second-order valence-corrected chi connectivity index (χ2v) is 13.5. The fourth-order valence-corrected chi connectivity index (χ4v) is 7.95. The fourth-order valence-electron chi connectivity index (χ4n) is 7.95. The van der Waals surface area contributed by atoms with Crippen molar-refractivity contribution in [2.24, 2.45) is 0 Å². The van der Waals surface area contributed by atoms with Crippen LogP contribution in [0.25, 0.3) is 82.9 Å². The largest absolute Gasteiger partial charge is 0.278 e. The maximum Gasteiger partial charge on any atom is 0.235 e. The summed E-state index contributed by atoms with van der Waals surface area (Å²) in [5.74, 6) is 0.682. The van der Waals surface area contributed by atoms with Crippen molar-refractivity contribution in [1.29, 1.82) is 0 Å². The van der Waals surface area contributed by atoms with E-state index >= 15 is 0 Å². The molecule has 226 valence electrons. The van der Waals surface area contributed by atoms with Crippen molar-refractivity contribution >= 4 is 43.5 Å². The molecular weight excluding hydrogens is 583 g/mol. The minimum absolute atomic E-state index is 0.108. The molecule has 0 fully saturated rings. The predicted molar refractivity (Wildman–Crippen MR) is 200 cm³/mol. The molecule has 10 rings (SSSR count). The smallest absolute Gasteiger partial charge is 0.235 e. The Morgan fingerprint density at radius 1 is 0.458 bits per heavy atom. The van der Waals surface area contributed by atoms with Crippen molar-refractivity contribution in [3.8, 4) is 39.5 Å². The summed E-state index contributed by atoms with van der Waals surface area (Å²) in [5.41, 5.74) is 12.8. The Labute approximate surface area is 278 Å². The van der Waals surface area contributed by atoms with E-state index in [0.717, 1.165) is 33.2 Å². The second-order valence-electron chi connectivity index (χ2n) is 13.5. The maximum absolute atomic E-state index is 5.38. The highest BCUT2D eigenvalue weighted by Crippen LogP contribution is 2.51. The Hall–Kier alpha value is -6.06. The molecule has 0 N–H and O–H groups in total. The van der Waals surface area contributed by atoms with Gasteiger partial charge in [0.05, 0.1) is 22.2 Å². The molecule has 48 heavy (non-hydrogen) atoms.